The second-order valence-corrected chi connectivity index (χ2v) is 14.8. The van der Waals surface area contributed by atoms with Crippen molar-refractivity contribution in [2.75, 3.05) is 19.8 Å². The van der Waals surface area contributed by atoms with Crippen molar-refractivity contribution < 1.29 is 38.3 Å². The van der Waals surface area contributed by atoms with Crippen LogP contribution in [0.4, 0.5) is 0 Å². The van der Waals surface area contributed by atoms with Crippen LogP contribution in [0, 0.1) is 0 Å². The first-order valence-electron chi connectivity index (χ1n) is 20.0. The van der Waals surface area contributed by atoms with Crippen LogP contribution in [-0.2, 0) is 23.2 Å². The number of Topliss-reactive ketones (excluding diaryl/α,β-unsaturated/α-hetero) is 2. The van der Waals surface area contributed by atoms with Crippen LogP contribution in [0.1, 0.15) is 168 Å². The number of nitrogens with two attached hydrogens (primary N) is 1. The Morgan fingerprint density at radius 2 is 1.02 bits per heavy atom. The van der Waals surface area contributed by atoms with Gasteiger partial charge in [-0.2, -0.15) is 0 Å². The zero-order valence-electron chi connectivity index (χ0n) is 32.2. The highest BCUT2D eigenvalue weighted by Gasteiger charge is 2.55. The van der Waals surface area contributed by atoms with Crippen LogP contribution in [0.5, 0.6) is 0 Å². The fraction of sp³-hybridized carbons (Fsp3) is 0.756. The van der Waals surface area contributed by atoms with Gasteiger partial charge in [-0.15, -0.1) is 0 Å². The fourth-order valence-electron chi connectivity index (χ4n) is 5.76. The maximum Gasteiger partial charge on any atom is 0.473 e. The highest BCUT2D eigenvalue weighted by molar-refractivity contribution is 7.47. The molecule has 0 radical (unpaired) electrons. The van der Waals surface area contributed by atoms with Crippen molar-refractivity contribution in [3.8, 4) is 0 Å². The van der Waals surface area contributed by atoms with Gasteiger partial charge in [0.05, 0.1) is 13.2 Å². The van der Waals surface area contributed by atoms with Crippen LogP contribution in [0.3, 0.4) is 0 Å². The predicted molar refractivity (Wildman–Crippen MR) is 210 cm³/mol. The SMILES string of the molecule is CCCCC/C=C\C/C=C\CCCCCCCC(=O)C(OP(=O)(O)OCCN)(C(=O)CCCCCCC/C=C\C/C=C\CCCCC)[C@@H](O)CO. The zero-order valence-corrected chi connectivity index (χ0v) is 33.1. The number of unbranched alkanes of at least 4 members (excludes halogenated alkanes) is 16. The van der Waals surface area contributed by atoms with E-state index in [1.165, 1.54) is 38.5 Å². The molecular formula is C41H74NO8P. The van der Waals surface area contributed by atoms with Crippen LogP contribution in [0.15, 0.2) is 48.6 Å². The monoisotopic (exact) mass is 740 g/mol. The number of carbonyl (C=O) groups is 2. The van der Waals surface area contributed by atoms with Gasteiger partial charge in [-0.05, 0) is 77.0 Å². The van der Waals surface area contributed by atoms with E-state index in [1.54, 1.807) is 0 Å². The van der Waals surface area contributed by atoms with Gasteiger partial charge in [-0.25, -0.2) is 4.57 Å². The topological polar surface area (TPSA) is 156 Å². The van der Waals surface area contributed by atoms with E-state index in [0.717, 1.165) is 77.0 Å². The largest absolute Gasteiger partial charge is 0.473 e. The summed E-state index contributed by atoms with van der Waals surface area (Å²) < 4.78 is 22.9. The standard InChI is InChI=1S/C41H74NO8P/c1-3-5-7-9-11-13-15-17-19-21-23-25-27-29-31-33-38(44)41(40(46)37-43,50-51(47,48)49-36-35-42)39(45)34-32-30-28-26-24-22-20-18-16-14-12-10-8-6-4-2/h11-14,17-20,40,43,46H,3-10,15-16,21-37,42H2,1-2H3,(H,47,48)/b13-11-,14-12-,19-17-,20-18-/t40-/m0/s1. The van der Waals surface area contributed by atoms with Crippen LogP contribution >= 0.6 is 7.82 Å². The quantitative estimate of drug-likeness (QED) is 0.0211. The highest BCUT2D eigenvalue weighted by Crippen LogP contribution is 2.49. The van der Waals surface area contributed by atoms with E-state index in [1.807, 2.05) is 0 Å². The Morgan fingerprint density at radius 1 is 0.647 bits per heavy atom. The molecule has 0 saturated carbocycles. The summed E-state index contributed by atoms with van der Waals surface area (Å²) >= 11 is 0. The van der Waals surface area contributed by atoms with Gasteiger partial charge >= 0.3 is 7.82 Å². The molecule has 0 heterocycles. The molecule has 5 N–H and O–H groups in total. The summed E-state index contributed by atoms with van der Waals surface area (Å²) in [6.45, 7) is 2.97. The number of phosphoric ester groups is 1. The van der Waals surface area contributed by atoms with Gasteiger partial charge in [0.15, 0.2) is 11.6 Å². The van der Waals surface area contributed by atoms with Crippen molar-refractivity contribution >= 4 is 19.4 Å². The minimum Gasteiger partial charge on any atom is -0.394 e. The number of ketones is 2. The minimum atomic E-state index is -4.97. The zero-order chi connectivity index (χ0) is 37.9. The van der Waals surface area contributed by atoms with Gasteiger partial charge < -0.3 is 20.8 Å². The number of hydrogen-bond donors (Lipinski definition) is 4. The molecule has 0 rings (SSSR count). The van der Waals surface area contributed by atoms with Crippen molar-refractivity contribution in [3.63, 3.8) is 0 Å². The Morgan fingerprint density at radius 3 is 1.39 bits per heavy atom. The molecule has 0 aliphatic rings. The molecule has 0 aromatic heterocycles. The molecule has 0 spiro atoms. The lowest BCUT2D eigenvalue weighted by Crippen LogP contribution is -2.58. The van der Waals surface area contributed by atoms with E-state index in [2.05, 4.69) is 62.5 Å². The maximum atomic E-state index is 13.6. The first-order chi connectivity index (χ1) is 24.7. The molecule has 0 aromatic carbocycles. The highest BCUT2D eigenvalue weighted by atomic mass is 31.2. The van der Waals surface area contributed by atoms with Crippen LogP contribution < -0.4 is 5.73 Å². The molecule has 2 atom stereocenters. The van der Waals surface area contributed by atoms with Gasteiger partial charge in [0, 0.05) is 19.4 Å². The first-order valence-corrected chi connectivity index (χ1v) is 21.5. The lowest BCUT2D eigenvalue weighted by molar-refractivity contribution is -0.164. The lowest BCUT2D eigenvalue weighted by Gasteiger charge is -2.35. The van der Waals surface area contributed by atoms with Gasteiger partial charge in [0.1, 0.15) is 6.10 Å². The number of aliphatic hydroxyl groups is 2. The first kappa shape index (κ1) is 49.3. The van der Waals surface area contributed by atoms with E-state index in [4.69, 9.17) is 14.8 Å². The minimum absolute atomic E-state index is 0.0940. The molecule has 0 amide bonds. The Bertz CT molecular complexity index is 967. The predicted octanol–water partition coefficient (Wildman–Crippen LogP) is 9.94. The van der Waals surface area contributed by atoms with Crippen molar-refractivity contribution in [1.82, 2.24) is 0 Å². The molecule has 0 aliphatic heterocycles. The fourth-order valence-corrected chi connectivity index (χ4v) is 6.84. The molecule has 0 fully saturated rings. The molecule has 0 bridgehead atoms. The number of phosphoric acid groups is 1. The summed E-state index contributed by atoms with van der Waals surface area (Å²) in [6, 6.07) is 0. The summed E-state index contributed by atoms with van der Waals surface area (Å²) in [6.07, 6.45) is 37.1. The smallest absolute Gasteiger partial charge is 0.394 e. The van der Waals surface area contributed by atoms with Crippen LogP contribution in [0.2, 0.25) is 0 Å². The second kappa shape index (κ2) is 34.1. The molecule has 0 aliphatic carbocycles. The van der Waals surface area contributed by atoms with Crippen molar-refractivity contribution in [2.45, 2.75) is 180 Å². The van der Waals surface area contributed by atoms with Crippen molar-refractivity contribution in [3.05, 3.63) is 48.6 Å². The summed E-state index contributed by atoms with van der Waals surface area (Å²) in [4.78, 5) is 37.6. The Hall–Kier alpha value is -1.71. The van der Waals surface area contributed by atoms with E-state index >= 15 is 0 Å². The molecule has 9 nitrogen and oxygen atoms in total. The lowest BCUT2D eigenvalue weighted by atomic mass is 9.82. The number of carbonyl (C=O) groups excluding carboxylic acids is 2. The van der Waals surface area contributed by atoms with E-state index in [-0.39, 0.29) is 26.0 Å². The third-order valence-corrected chi connectivity index (χ3v) is 9.84. The van der Waals surface area contributed by atoms with E-state index in [9.17, 15) is 29.3 Å². The van der Waals surface area contributed by atoms with Gasteiger partial charge in [-0.3, -0.25) is 18.6 Å². The normalized spacial score (nSPS) is 14.4. The third-order valence-electron chi connectivity index (χ3n) is 8.81. The summed E-state index contributed by atoms with van der Waals surface area (Å²) in [5, 5.41) is 20.7. The van der Waals surface area contributed by atoms with Crippen LogP contribution in [-0.4, -0.2) is 58.1 Å². The number of aliphatic hydroxyl groups excluding tert-OH is 2. The van der Waals surface area contributed by atoms with Gasteiger partial charge in [0.25, 0.3) is 0 Å². The Kier molecular flexibility index (Phi) is 32.9. The summed E-state index contributed by atoms with van der Waals surface area (Å²) in [5.74, 6) is -1.65. The average Bonchev–Trinajstić information content (AvgIpc) is 3.12. The van der Waals surface area contributed by atoms with Gasteiger partial charge in [-0.1, -0.05) is 127 Å². The molecule has 0 aromatic rings. The Balaban J connectivity index is 4.89. The van der Waals surface area contributed by atoms with Crippen molar-refractivity contribution in [2.24, 2.45) is 5.73 Å². The second-order valence-electron chi connectivity index (χ2n) is 13.4. The summed E-state index contributed by atoms with van der Waals surface area (Å²) in [5.41, 5.74) is 2.70. The van der Waals surface area contributed by atoms with Crippen molar-refractivity contribution in [1.29, 1.82) is 0 Å². The average molecular weight is 740 g/mol. The van der Waals surface area contributed by atoms with E-state index in [0.29, 0.717) is 25.7 Å². The third kappa shape index (κ3) is 25.8. The molecule has 1 unspecified atom stereocenters. The van der Waals surface area contributed by atoms with E-state index < -0.39 is 37.7 Å². The molecular weight excluding hydrogens is 665 g/mol. The molecule has 0 saturated heterocycles. The molecule has 10 heteroatoms. The molecule has 296 valence electrons. The van der Waals surface area contributed by atoms with Gasteiger partial charge in [0.2, 0.25) is 5.60 Å². The number of rotatable bonds is 37. The molecule has 51 heavy (non-hydrogen) atoms. The summed E-state index contributed by atoms with van der Waals surface area (Å²) in [7, 11) is -4.97. The van der Waals surface area contributed by atoms with Crippen LogP contribution in [0.25, 0.3) is 0 Å². The number of allylic oxidation sites excluding steroid dienone is 8. The number of hydrogen-bond acceptors (Lipinski definition) is 8. The Labute approximate surface area is 310 Å². The maximum absolute atomic E-state index is 13.6.